The number of nitrogens with one attached hydrogen (secondary N) is 3. The Bertz CT molecular complexity index is 1090. The Labute approximate surface area is 176 Å². The highest BCUT2D eigenvalue weighted by Gasteiger charge is 2.16. The Balaban J connectivity index is 1.87. The number of fused-ring (bicyclic) bond motifs is 1. The summed E-state index contributed by atoms with van der Waals surface area (Å²) in [6.45, 7) is 1.84. The van der Waals surface area contributed by atoms with Gasteiger partial charge in [-0.25, -0.2) is 4.79 Å². The van der Waals surface area contributed by atoms with E-state index in [0.29, 0.717) is 22.1 Å². The maximum absolute atomic E-state index is 12.3. The minimum atomic E-state index is -1.46. The van der Waals surface area contributed by atoms with E-state index in [-0.39, 0.29) is 24.2 Å². The number of carboxylic acid groups (broad SMARTS) is 1. The van der Waals surface area contributed by atoms with E-state index in [2.05, 4.69) is 10.6 Å². The fourth-order valence-electron chi connectivity index (χ4n) is 2.85. The second kappa shape index (κ2) is 10.2. The van der Waals surface area contributed by atoms with E-state index >= 15 is 0 Å². The molecule has 11 nitrogen and oxygen atoms in total. The number of phenols is 1. The van der Waals surface area contributed by atoms with E-state index in [4.69, 9.17) is 4.42 Å². The molecule has 0 radical (unpaired) electrons. The Morgan fingerprint density at radius 3 is 2.13 bits per heavy atom. The highest BCUT2D eigenvalue weighted by atomic mass is 16.4. The Morgan fingerprint density at radius 2 is 1.52 bits per heavy atom. The lowest BCUT2D eigenvalue weighted by molar-refractivity contribution is -0.304. The van der Waals surface area contributed by atoms with Crippen LogP contribution < -0.4 is 26.7 Å². The number of carboxylic acids is 1. The summed E-state index contributed by atoms with van der Waals surface area (Å²) in [5, 5.41) is 27.2. The van der Waals surface area contributed by atoms with Gasteiger partial charge in [-0.1, -0.05) is 0 Å². The van der Waals surface area contributed by atoms with Gasteiger partial charge < -0.3 is 35.4 Å². The number of hydrogen-bond donors (Lipinski definition) is 4. The largest absolute Gasteiger partial charge is 0.548 e. The van der Waals surface area contributed by atoms with Gasteiger partial charge in [0.2, 0.25) is 17.7 Å². The first-order valence-electron chi connectivity index (χ1n) is 9.35. The smallest absolute Gasteiger partial charge is 0.339 e. The van der Waals surface area contributed by atoms with Crippen LogP contribution in [-0.4, -0.2) is 48.4 Å². The summed E-state index contributed by atoms with van der Waals surface area (Å²) in [4.78, 5) is 57.5. The lowest BCUT2D eigenvalue weighted by atomic mass is 10.0. The number of benzene rings is 1. The number of carbonyl (C=O) groups excluding carboxylic acids is 4. The molecule has 31 heavy (non-hydrogen) atoms. The Morgan fingerprint density at radius 1 is 0.935 bits per heavy atom. The van der Waals surface area contributed by atoms with Crippen LogP contribution >= 0.6 is 0 Å². The number of aromatic hydroxyl groups is 1. The van der Waals surface area contributed by atoms with Crippen molar-refractivity contribution in [2.45, 2.75) is 26.7 Å². The zero-order valence-corrected chi connectivity index (χ0v) is 17.0. The van der Waals surface area contributed by atoms with E-state index in [9.17, 15) is 34.2 Å². The second-order valence-corrected chi connectivity index (χ2v) is 6.78. The van der Waals surface area contributed by atoms with Crippen LogP contribution in [0.4, 0.5) is 0 Å². The normalized spacial score (nSPS) is 10.5. The van der Waals surface area contributed by atoms with Crippen LogP contribution in [0.5, 0.6) is 5.75 Å². The van der Waals surface area contributed by atoms with Gasteiger partial charge in [-0.15, -0.1) is 0 Å². The molecule has 0 unspecified atom stereocenters. The van der Waals surface area contributed by atoms with Crippen molar-refractivity contribution in [3.63, 3.8) is 0 Å². The molecule has 11 heteroatoms. The highest BCUT2D eigenvalue weighted by Crippen LogP contribution is 2.28. The number of phenolic OH excluding ortho intramolecular Hbond substituents is 1. The molecule has 0 aliphatic carbocycles. The molecule has 1 heterocycles. The predicted molar refractivity (Wildman–Crippen MR) is 106 cm³/mol. The lowest BCUT2D eigenvalue weighted by Crippen LogP contribution is -2.44. The van der Waals surface area contributed by atoms with Gasteiger partial charge in [0.1, 0.15) is 11.3 Å². The van der Waals surface area contributed by atoms with Crippen LogP contribution in [0.2, 0.25) is 0 Å². The lowest BCUT2D eigenvalue weighted by Gasteiger charge is -2.10. The summed E-state index contributed by atoms with van der Waals surface area (Å²) in [6, 6.07) is 3.13. The Hall–Kier alpha value is -3.89. The third-order valence-corrected chi connectivity index (χ3v) is 4.60. The first-order valence-corrected chi connectivity index (χ1v) is 9.35. The maximum Gasteiger partial charge on any atom is 0.339 e. The molecule has 0 atom stereocenters. The van der Waals surface area contributed by atoms with Crippen LogP contribution in [0.1, 0.15) is 23.1 Å². The van der Waals surface area contributed by atoms with Crippen LogP contribution in [0.3, 0.4) is 0 Å². The summed E-state index contributed by atoms with van der Waals surface area (Å²) >= 11 is 0. The van der Waals surface area contributed by atoms with Crippen molar-refractivity contribution in [1.29, 1.82) is 0 Å². The van der Waals surface area contributed by atoms with Gasteiger partial charge in [0.05, 0.1) is 25.6 Å². The molecule has 0 aliphatic rings. The number of amides is 3. The maximum atomic E-state index is 12.3. The minimum Gasteiger partial charge on any atom is -0.548 e. The molecule has 3 amide bonds. The summed E-state index contributed by atoms with van der Waals surface area (Å²) in [5.41, 5.74) is 1.09. The fraction of sp³-hybridized carbons (Fsp3) is 0.350. The molecule has 1 aromatic carbocycles. The van der Waals surface area contributed by atoms with Gasteiger partial charge in [0.25, 0.3) is 0 Å². The van der Waals surface area contributed by atoms with Crippen LogP contribution in [0, 0.1) is 13.8 Å². The molecule has 4 N–H and O–H groups in total. The van der Waals surface area contributed by atoms with Crippen LogP contribution in [0.15, 0.2) is 21.3 Å². The fourth-order valence-corrected chi connectivity index (χ4v) is 2.85. The van der Waals surface area contributed by atoms with Crippen LogP contribution in [0.25, 0.3) is 11.0 Å². The molecule has 0 spiro atoms. The standard InChI is InChI=1S/C20H23N3O8/c1-10-12-3-5-14(24)11(2)19(12)31-20(30)13(10)4-6-15(25)21-7-16(26)22-8-17(27)23-9-18(28)29/h3,5,24H,4,6-9H2,1-2H3,(H,21,25)(H,22,26)(H,23,27)(H,28,29)/p-1. The molecule has 0 saturated heterocycles. The zero-order valence-electron chi connectivity index (χ0n) is 17.0. The third-order valence-electron chi connectivity index (χ3n) is 4.60. The molecule has 166 valence electrons. The molecule has 2 rings (SSSR count). The molecular formula is C20H22N3O8-. The van der Waals surface area contributed by atoms with E-state index < -0.39 is 49.0 Å². The topological polar surface area (TPSA) is 178 Å². The number of rotatable bonds is 9. The number of hydrogen-bond acceptors (Lipinski definition) is 8. The molecule has 0 bridgehead atoms. The average molecular weight is 432 g/mol. The number of aryl methyl sites for hydroxylation is 2. The van der Waals surface area contributed by atoms with Crippen molar-refractivity contribution in [1.82, 2.24) is 16.0 Å². The summed E-state index contributed by atoms with van der Waals surface area (Å²) in [6.07, 6.45) is 0.0106. The van der Waals surface area contributed by atoms with E-state index in [1.54, 1.807) is 19.9 Å². The van der Waals surface area contributed by atoms with Crippen molar-refractivity contribution >= 4 is 34.7 Å². The van der Waals surface area contributed by atoms with Gasteiger partial charge >= 0.3 is 5.63 Å². The first-order chi connectivity index (χ1) is 14.6. The summed E-state index contributed by atoms with van der Waals surface area (Å²) < 4.78 is 5.31. The van der Waals surface area contributed by atoms with E-state index in [1.165, 1.54) is 6.07 Å². The molecule has 1 aromatic heterocycles. The first kappa shape index (κ1) is 23.4. The van der Waals surface area contributed by atoms with Crippen molar-refractivity contribution < 1.29 is 33.8 Å². The minimum absolute atomic E-state index is 0.0110. The molecule has 0 aliphatic heterocycles. The number of carbonyl (C=O) groups is 4. The van der Waals surface area contributed by atoms with Crippen molar-refractivity contribution in [2.75, 3.05) is 19.6 Å². The van der Waals surface area contributed by atoms with Crippen LogP contribution in [-0.2, 0) is 25.6 Å². The molecule has 0 fully saturated rings. The molecule has 2 aromatic rings. The number of aliphatic carboxylic acids is 1. The highest BCUT2D eigenvalue weighted by molar-refractivity contribution is 5.89. The zero-order chi connectivity index (χ0) is 23.1. The average Bonchev–Trinajstić information content (AvgIpc) is 2.72. The summed E-state index contributed by atoms with van der Waals surface area (Å²) in [5.74, 6) is -3.30. The molecule has 0 saturated carbocycles. The Kier molecular flexibility index (Phi) is 7.72. The van der Waals surface area contributed by atoms with Gasteiger partial charge in [0.15, 0.2) is 0 Å². The summed E-state index contributed by atoms with van der Waals surface area (Å²) in [7, 11) is 0. The van der Waals surface area contributed by atoms with Crippen molar-refractivity contribution in [2.24, 2.45) is 0 Å². The van der Waals surface area contributed by atoms with Gasteiger partial charge in [0, 0.05) is 22.9 Å². The van der Waals surface area contributed by atoms with Gasteiger partial charge in [-0.2, -0.15) is 0 Å². The monoisotopic (exact) mass is 432 g/mol. The van der Waals surface area contributed by atoms with Crippen molar-refractivity contribution in [3.05, 3.63) is 39.2 Å². The predicted octanol–water partition coefficient (Wildman–Crippen LogP) is -1.85. The van der Waals surface area contributed by atoms with Gasteiger partial charge in [-0.05, 0) is 38.0 Å². The second-order valence-electron chi connectivity index (χ2n) is 6.78. The SMILES string of the molecule is Cc1c(CCC(=O)NCC(=O)NCC(=O)NCC(=O)[O-])c(=O)oc2c(C)c(O)ccc12. The third kappa shape index (κ3) is 6.29. The van der Waals surface area contributed by atoms with E-state index in [0.717, 1.165) is 0 Å². The van der Waals surface area contributed by atoms with Gasteiger partial charge in [-0.3, -0.25) is 14.4 Å². The van der Waals surface area contributed by atoms with Crippen molar-refractivity contribution in [3.8, 4) is 5.75 Å². The van der Waals surface area contributed by atoms with E-state index in [1.807, 2.05) is 5.32 Å². The quantitative estimate of drug-likeness (QED) is 0.333. The molecular weight excluding hydrogens is 410 g/mol.